The number of carbonyl (C=O) groups excluding carboxylic acids is 1. The van der Waals surface area contributed by atoms with Crippen LogP contribution >= 0.6 is 24.0 Å². The number of guanidine groups is 1. The maximum absolute atomic E-state index is 13.0. The summed E-state index contributed by atoms with van der Waals surface area (Å²) >= 11 is 0. The Labute approximate surface area is 193 Å². The zero-order chi connectivity index (χ0) is 20.6. The lowest BCUT2D eigenvalue weighted by atomic mass is 9.97. The molecule has 0 spiro atoms. The predicted octanol–water partition coefficient (Wildman–Crippen LogP) is 3.49. The van der Waals surface area contributed by atoms with Gasteiger partial charge in [-0.2, -0.15) is 0 Å². The number of likely N-dealkylation sites (tertiary alicyclic amines) is 1. The minimum Gasteiger partial charge on any atom is -0.469 e. The number of rotatable bonds is 6. The Kier molecular flexibility index (Phi) is 9.54. The third-order valence-electron chi connectivity index (χ3n) is 4.94. The van der Waals surface area contributed by atoms with E-state index in [1.54, 1.807) is 18.4 Å². The van der Waals surface area contributed by atoms with E-state index in [0.29, 0.717) is 18.9 Å². The molecule has 9 heteroatoms. The zero-order valence-corrected chi connectivity index (χ0v) is 19.6. The minimum absolute atomic E-state index is 0. The molecule has 0 bridgehead atoms. The molecule has 0 atom stereocenters. The summed E-state index contributed by atoms with van der Waals surface area (Å²) in [5, 5.41) is 3.31. The predicted molar refractivity (Wildman–Crippen MR) is 123 cm³/mol. The third kappa shape index (κ3) is 6.41. The van der Waals surface area contributed by atoms with Gasteiger partial charge in [0.15, 0.2) is 5.96 Å². The summed E-state index contributed by atoms with van der Waals surface area (Å²) in [6.45, 7) is 4.90. The largest absolute Gasteiger partial charge is 0.469 e. The van der Waals surface area contributed by atoms with Crippen LogP contribution in [0.1, 0.15) is 25.5 Å². The summed E-state index contributed by atoms with van der Waals surface area (Å²) in [6, 6.07) is 6.06. The Morgan fingerprint density at radius 2 is 2.03 bits per heavy atom. The van der Waals surface area contributed by atoms with Gasteiger partial charge in [-0.1, -0.05) is 0 Å². The van der Waals surface area contributed by atoms with Crippen LogP contribution in [-0.4, -0.2) is 55.1 Å². The summed E-state index contributed by atoms with van der Waals surface area (Å²) < 4.78 is 23.4. The first-order valence-corrected chi connectivity index (χ1v) is 9.92. The molecular formula is C21H28FIN4O3. The average molecular weight is 530 g/mol. The SMILES string of the molecule is CCNC(=NCCc1coc(-c2ccc(F)cc2)n1)N1CCC(C(=O)OC)CC1.I. The fourth-order valence-electron chi connectivity index (χ4n) is 3.34. The van der Waals surface area contributed by atoms with Crippen LogP contribution in [0.4, 0.5) is 4.39 Å². The number of esters is 1. The number of nitrogens with one attached hydrogen (secondary N) is 1. The van der Waals surface area contributed by atoms with E-state index >= 15 is 0 Å². The van der Waals surface area contributed by atoms with Crippen LogP contribution in [-0.2, 0) is 16.0 Å². The van der Waals surface area contributed by atoms with Crippen molar-refractivity contribution in [2.75, 3.05) is 33.3 Å². The Bertz CT molecular complexity index is 833. The number of hydrogen-bond donors (Lipinski definition) is 1. The molecule has 0 saturated carbocycles. The lowest BCUT2D eigenvalue weighted by Crippen LogP contribution is -2.46. The van der Waals surface area contributed by atoms with Gasteiger partial charge in [0.05, 0.1) is 18.7 Å². The van der Waals surface area contributed by atoms with Crippen LogP contribution in [0.25, 0.3) is 11.5 Å². The Morgan fingerprint density at radius 3 is 2.67 bits per heavy atom. The van der Waals surface area contributed by atoms with E-state index in [-0.39, 0.29) is 41.7 Å². The number of aliphatic imine (C=N–C) groups is 1. The molecule has 30 heavy (non-hydrogen) atoms. The first-order chi connectivity index (χ1) is 14.1. The van der Waals surface area contributed by atoms with Gasteiger partial charge in [0.25, 0.3) is 0 Å². The highest BCUT2D eigenvalue weighted by Crippen LogP contribution is 2.20. The van der Waals surface area contributed by atoms with E-state index in [0.717, 1.165) is 49.7 Å². The molecule has 0 unspecified atom stereocenters. The van der Waals surface area contributed by atoms with Crippen molar-refractivity contribution in [3.63, 3.8) is 0 Å². The van der Waals surface area contributed by atoms with Crippen LogP contribution in [0.5, 0.6) is 0 Å². The Morgan fingerprint density at radius 1 is 1.33 bits per heavy atom. The summed E-state index contributed by atoms with van der Waals surface area (Å²) in [5.74, 6) is 0.869. The number of ether oxygens (including phenoxy) is 1. The monoisotopic (exact) mass is 530 g/mol. The molecule has 1 aromatic carbocycles. The van der Waals surface area contributed by atoms with Gasteiger partial charge in [-0.25, -0.2) is 9.37 Å². The van der Waals surface area contributed by atoms with Crippen molar-refractivity contribution in [3.8, 4) is 11.5 Å². The van der Waals surface area contributed by atoms with Gasteiger partial charge in [-0.3, -0.25) is 9.79 Å². The molecule has 1 aromatic heterocycles. The molecule has 1 aliphatic heterocycles. The number of nitrogens with zero attached hydrogens (tertiary/aromatic N) is 3. The normalized spacial score (nSPS) is 14.9. The number of aromatic nitrogens is 1. The van der Waals surface area contributed by atoms with Crippen molar-refractivity contribution in [1.29, 1.82) is 0 Å². The summed E-state index contributed by atoms with van der Waals surface area (Å²) in [7, 11) is 1.44. The fourth-order valence-corrected chi connectivity index (χ4v) is 3.34. The minimum atomic E-state index is -0.290. The summed E-state index contributed by atoms with van der Waals surface area (Å²) in [5.41, 5.74) is 1.54. The topological polar surface area (TPSA) is 80.0 Å². The highest BCUT2D eigenvalue weighted by molar-refractivity contribution is 14.0. The van der Waals surface area contributed by atoms with Crippen LogP contribution in [0.3, 0.4) is 0 Å². The van der Waals surface area contributed by atoms with Gasteiger partial charge in [0.2, 0.25) is 5.89 Å². The molecule has 164 valence electrons. The van der Waals surface area contributed by atoms with Crippen molar-refractivity contribution in [3.05, 3.63) is 42.0 Å². The second kappa shape index (κ2) is 11.9. The number of hydrogen-bond acceptors (Lipinski definition) is 5. The van der Waals surface area contributed by atoms with Gasteiger partial charge in [0, 0.05) is 38.2 Å². The average Bonchev–Trinajstić information content (AvgIpc) is 3.22. The number of benzene rings is 1. The van der Waals surface area contributed by atoms with Gasteiger partial charge in [0.1, 0.15) is 12.1 Å². The van der Waals surface area contributed by atoms with Gasteiger partial charge >= 0.3 is 5.97 Å². The number of piperidine rings is 1. The molecule has 1 aliphatic rings. The number of carbonyl (C=O) groups is 1. The molecule has 2 heterocycles. The lowest BCUT2D eigenvalue weighted by molar-refractivity contribution is -0.146. The molecule has 1 N–H and O–H groups in total. The quantitative estimate of drug-likeness (QED) is 0.267. The van der Waals surface area contributed by atoms with Gasteiger partial charge in [-0.15, -0.1) is 24.0 Å². The Balaban J connectivity index is 0.00000320. The highest BCUT2D eigenvalue weighted by Gasteiger charge is 2.26. The number of halogens is 2. The van der Waals surface area contributed by atoms with Gasteiger partial charge in [-0.05, 0) is 44.0 Å². The fraction of sp³-hybridized carbons (Fsp3) is 0.476. The van der Waals surface area contributed by atoms with Gasteiger partial charge < -0.3 is 19.4 Å². The van der Waals surface area contributed by atoms with E-state index in [2.05, 4.69) is 15.2 Å². The van der Waals surface area contributed by atoms with E-state index in [4.69, 9.17) is 14.1 Å². The smallest absolute Gasteiger partial charge is 0.308 e. The Hall–Kier alpha value is -2.17. The van der Waals surface area contributed by atoms with Crippen LogP contribution < -0.4 is 5.32 Å². The summed E-state index contributed by atoms with van der Waals surface area (Å²) in [6.07, 6.45) is 3.78. The van der Waals surface area contributed by atoms with Crippen molar-refractivity contribution < 1.29 is 18.3 Å². The van der Waals surface area contributed by atoms with Crippen LogP contribution in [0.15, 0.2) is 39.9 Å². The molecule has 2 aromatic rings. The van der Waals surface area contributed by atoms with Crippen LogP contribution in [0.2, 0.25) is 0 Å². The molecule has 0 aliphatic carbocycles. The molecule has 0 amide bonds. The first-order valence-electron chi connectivity index (χ1n) is 9.92. The number of methoxy groups -OCH3 is 1. The van der Waals surface area contributed by atoms with E-state index in [9.17, 15) is 9.18 Å². The molecule has 1 fully saturated rings. The van der Waals surface area contributed by atoms with E-state index in [1.165, 1.54) is 19.2 Å². The third-order valence-corrected chi connectivity index (χ3v) is 4.94. The van der Waals surface area contributed by atoms with E-state index < -0.39 is 0 Å². The van der Waals surface area contributed by atoms with Crippen molar-refractivity contribution in [2.45, 2.75) is 26.2 Å². The molecule has 7 nitrogen and oxygen atoms in total. The second-order valence-electron chi connectivity index (χ2n) is 6.92. The maximum atomic E-state index is 13.0. The molecule has 0 radical (unpaired) electrons. The second-order valence-corrected chi connectivity index (χ2v) is 6.92. The summed E-state index contributed by atoms with van der Waals surface area (Å²) in [4.78, 5) is 23.0. The lowest BCUT2D eigenvalue weighted by Gasteiger charge is -2.33. The number of oxazole rings is 1. The highest BCUT2D eigenvalue weighted by atomic mass is 127. The first kappa shape index (κ1) is 24.1. The maximum Gasteiger partial charge on any atom is 0.308 e. The van der Waals surface area contributed by atoms with Crippen LogP contribution in [0, 0.1) is 11.7 Å². The molecule has 3 rings (SSSR count). The molecular weight excluding hydrogens is 502 g/mol. The zero-order valence-electron chi connectivity index (χ0n) is 17.3. The molecule has 1 saturated heterocycles. The standard InChI is InChI=1S/C21H27FN4O3.HI/c1-3-23-21(26-12-9-16(10-13-26)20(27)28-2)24-11-8-18-14-29-19(25-18)15-4-6-17(22)7-5-15;/h4-7,14,16H,3,8-13H2,1-2H3,(H,23,24);1H. The van der Waals surface area contributed by atoms with E-state index in [1.807, 2.05) is 6.92 Å². The van der Waals surface area contributed by atoms with Crippen molar-refractivity contribution in [2.24, 2.45) is 10.9 Å². The van der Waals surface area contributed by atoms with Crippen molar-refractivity contribution in [1.82, 2.24) is 15.2 Å². The van der Waals surface area contributed by atoms with Crippen molar-refractivity contribution >= 4 is 35.9 Å².